The predicted octanol–water partition coefficient (Wildman–Crippen LogP) is 6.39. The van der Waals surface area contributed by atoms with E-state index in [1.807, 2.05) is 0 Å². The molecule has 0 aliphatic heterocycles. The van der Waals surface area contributed by atoms with E-state index in [1.54, 1.807) is 0 Å². The predicted molar refractivity (Wildman–Crippen MR) is 97.6 cm³/mol. The SMILES string of the molecule is CO[Si](C1CCCC1)(C1C(C)CCC1C)C1C(C)CCC1C. The summed E-state index contributed by atoms with van der Waals surface area (Å²) in [6.07, 6.45) is 11.7. The summed E-state index contributed by atoms with van der Waals surface area (Å²) in [6, 6.07) is 0. The Bertz CT molecular complexity index is 332. The molecule has 3 aliphatic carbocycles. The van der Waals surface area contributed by atoms with Gasteiger partial charge in [-0.2, -0.15) is 0 Å². The van der Waals surface area contributed by atoms with Crippen LogP contribution >= 0.6 is 0 Å². The van der Waals surface area contributed by atoms with Crippen molar-refractivity contribution in [2.75, 3.05) is 7.11 Å². The molecule has 0 aromatic heterocycles. The lowest BCUT2D eigenvalue weighted by molar-refractivity contribution is 0.295. The molecule has 0 aromatic rings. The average molecular weight is 323 g/mol. The molecule has 0 N–H and O–H groups in total. The molecule has 3 fully saturated rings. The Balaban J connectivity index is 2.03. The highest BCUT2D eigenvalue weighted by Gasteiger charge is 2.61. The fourth-order valence-electron chi connectivity index (χ4n) is 7.25. The van der Waals surface area contributed by atoms with Crippen LogP contribution in [0.1, 0.15) is 79.1 Å². The Morgan fingerprint density at radius 3 is 1.32 bits per heavy atom. The molecule has 0 amide bonds. The van der Waals surface area contributed by atoms with Gasteiger partial charge in [-0.15, -0.1) is 0 Å². The van der Waals surface area contributed by atoms with E-state index in [9.17, 15) is 0 Å². The van der Waals surface area contributed by atoms with Crippen LogP contribution in [-0.4, -0.2) is 15.4 Å². The van der Waals surface area contributed by atoms with E-state index in [0.29, 0.717) is 0 Å². The first kappa shape index (κ1) is 17.0. The number of hydrogen-bond acceptors (Lipinski definition) is 1. The van der Waals surface area contributed by atoms with Gasteiger partial charge in [0.1, 0.15) is 0 Å². The fourth-order valence-corrected chi connectivity index (χ4v) is 15.2. The van der Waals surface area contributed by atoms with Crippen LogP contribution in [0.15, 0.2) is 0 Å². The van der Waals surface area contributed by atoms with Crippen LogP contribution in [0.4, 0.5) is 0 Å². The van der Waals surface area contributed by atoms with E-state index in [4.69, 9.17) is 4.43 Å². The van der Waals surface area contributed by atoms with Gasteiger partial charge in [-0.05, 0) is 40.3 Å². The van der Waals surface area contributed by atoms with Gasteiger partial charge < -0.3 is 4.43 Å². The molecule has 1 nitrogen and oxygen atoms in total. The van der Waals surface area contributed by atoms with E-state index in [2.05, 4.69) is 34.8 Å². The first-order chi connectivity index (χ1) is 10.5. The fraction of sp³-hybridized carbons (Fsp3) is 1.00. The first-order valence-corrected chi connectivity index (χ1v) is 12.2. The monoisotopic (exact) mass is 322 g/mol. The molecule has 128 valence electrons. The third-order valence-electron chi connectivity index (χ3n) is 8.00. The Morgan fingerprint density at radius 2 is 1.00 bits per heavy atom. The van der Waals surface area contributed by atoms with E-state index in [0.717, 1.165) is 40.3 Å². The number of hydrogen-bond donors (Lipinski definition) is 0. The van der Waals surface area contributed by atoms with E-state index in [1.165, 1.54) is 51.4 Å². The second kappa shape index (κ2) is 6.59. The first-order valence-electron chi connectivity index (χ1n) is 10.1. The van der Waals surface area contributed by atoms with Crippen LogP contribution in [0.25, 0.3) is 0 Å². The largest absolute Gasteiger partial charge is 0.419 e. The normalized spacial score (nSPS) is 46.2. The zero-order valence-corrected chi connectivity index (χ0v) is 16.6. The second-order valence-corrected chi connectivity index (χ2v) is 13.4. The molecule has 0 heterocycles. The van der Waals surface area contributed by atoms with Crippen LogP contribution in [0.5, 0.6) is 0 Å². The van der Waals surface area contributed by atoms with Gasteiger partial charge in [-0.1, -0.05) is 79.1 Å². The Labute approximate surface area is 139 Å². The highest BCUT2D eigenvalue weighted by atomic mass is 28.4. The summed E-state index contributed by atoms with van der Waals surface area (Å²) in [5.41, 5.74) is 2.81. The van der Waals surface area contributed by atoms with Gasteiger partial charge >= 0.3 is 0 Å². The minimum Gasteiger partial charge on any atom is -0.419 e. The molecule has 0 bridgehead atoms. The lowest BCUT2D eigenvalue weighted by Crippen LogP contribution is -2.55. The molecule has 4 atom stereocenters. The van der Waals surface area contributed by atoms with Crippen LogP contribution in [0.2, 0.25) is 16.6 Å². The maximum atomic E-state index is 6.81. The zero-order chi connectivity index (χ0) is 15.9. The summed E-state index contributed by atoms with van der Waals surface area (Å²) in [4.78, 5) is 0. The van der Waals surface area contributed by atoms with Crippen molar-refractivity contribution >= 4 is 8.32 Å². The third-order valence-corrected chi connectivity index (χ3v) is 14.9. The number of rotatable bonds is 4. The maximum absolute atomic E-state index is 6.81. The molecule has 4 unspecified atom stereocenters. The van der Waals surface area contributed by atoms with Crippen LogP contribution < -0.4 is 0 Å². The van der Waals surface area contributed by atoms with E-state index >= 15 is 0 Å². The lowest BCUT2D eigenvalue weighted by atomic mass is 10.1. The molecule has 0 aromatic carbocycles. The lowest BCUT2D eigenvalue weighted by Gasteiger charge is -2.50. The topological polar surface area (TPSA) is 9.23 Å². The van der Waals surface area contributed by atoms with Crippen molar-refractivity contribution in [3.63, 3.8) is 0 Å². The van der Waals surface area contributed by atoms with Crippen molar-refractivity contribution in [2.45, 2.75) is 95.7 Å². The quantitative estimate of drug-likeness (QED) is 0.544. The second-order valence-electron chi connectivity index (χ2n) is 9.15. The molecular weight excluding hydrogens is 284 g/mol. The highest BCUT2D eigenvalue weighted by Crippen LogP contribution is 2.64. The van der Waals surface area contributed by atoms with Crippen molar-refractivity contribution in [1.29, 1.82) is 0 Å². The van der Waals surface area contributed by atoms with Gasteiger partial charge in [-0.3, -0.25) is 0 Å². The molecule has 0 radical (unpaired) electrons. The maximum Gasteiger partial charge on any atom is 0.202 e. The summed E-state index contributed by atoms with van der Waals surface area (Å²) in [6.45, 7) is 10.2. The van der Waals surface area contributed by atoms with Crippen molar-refractivity contribution in [1.82, 2.24) is 0 Å². The van der Waals surface area contributed by atoms with Gasteiger partial charge in [0.25, 0.3) is 0 Å². The van der Waals surface area contributed by atoms with E-state index in [-0.39, 0.29) is 0 Å². The zero-order valence-electron chi connectivity index (χ0n) is 15.6. The molecular formula is C20H38OSi. The molecule has 22 heavy (non-hydrogen) atoms. The third kappa shape index (κ3) is 2.53. The van der Waals surface area contributed by atoms with Crippen molar-refractivity contribution in [2.24, 2.45) is 23.7 Å². The standard InChI is InChI=1S/C20H38OSi/c1-14-10-11-15(2)19(14)22(21-5,18-8-6-7-9-18)20-16(3)12-13-17(20)4/h14-20H,6-13H2,1-5H3. The average Bonchev–Trinajstić information content (AvgIpc) is 3.20. The van der Waals surface area contributed by atoms with Crippen molar-refractivity contribution < 1.29 is 4.43 Å². The van der Waals surface area contributed by atoms with E-state index < -0.39 is 8.32 Å². The summed E-state index contributed by atoms with van der Waals surface area (Å²) in [5, 5.41) is 0. The Morgan fingerprint density at radius 1 is 0.636 bits per heavy atom. The molecule has 3 saturated carbocycles. The van der Waals surface area contributed by atoms with Gasteiger partial charge in [0.2, 0.25) is 8.32 Å². The Hall–Kier alpha value is 0.177. The molecule has 2 heteroatoms. The molecule has 3 aliphatic rings. The van der Waals surface area contributed by atoms with Crippen molar-refractivity contribution in [3.05, 3.63) is 0 Å². The van der Waals surface area contributed by atoms with Crippen molar-refractivity contribution in [3.8, 4) is 0 Å². The smallest absolute Gasteiger partial charge is 0.202 e. The molecule has 0 saturated heterocycles. The van der Waals surface area contributed by atoms with Gasteiger partial charge in [-0.25, -0.2) is 0 Å². The summed E-state index contributed by atoms with van der Waals surface area (Å²) >= 11 is 0. The molecule has 0 spiro atoms. The van der Waals surface area contributed by atoms with Crippen LogP contribution in [0, 0.1) is 23.7 Å². The minimum atomic E-state index is -1.72. The summed E-state index contributed by atoms with van der Waals surface area (Å²) < 4.78 is 6.81. The van der Waals surface area contributed by atoms with Crippen LogP contribution in [-0.2, 0) is 4.43 Å². The summed E-state index contributed by atoms with van der Waals surface area (Å²) in [5.74, 6) is 3.62. The molecule has 3 rings (SSSR count). The van der Waals surface area contributed by atoms with Crippen LogP contribution in [0.3, 0.4) is 0 Å². The summed E-state index contributed by atoms with van der Waals surface area (Å²) in [7, 11) is 0.402. The Kier molecular flexibility index (Phi) is 5.09. The van der Waals surface area contributed by atoms with Gasteiger partial charge in [0, 0.05) is 7.11 Å². The van der Waals surface area contributed by atoms with Gasteiger partial charge in [0.05, 0.1) is 0 Å². The minimum absolute atomic E-state index is 0.905. The van der Waals surface area contributed by atoms with Gasteiger partial charge in [0.15, 0.2) is 0 Å². The highest BCUT2D eigenvalue weighted by molar-refractivity contribution is 6.78.